The monoisotopic (exact) mass is 246 g/mol. The van der Waals surface area contributed by atoms with E-state index in [0.717, 1.165) is 12.1 Å². The van der Waals surface area contributed by atoms with Crippen molar-refractivity contribution in [1.82, 2.24) is 15.2 Å². The highest BCUT2D eigenvalue weighted by Gasteiger charge is 2.18. The third kappa shape index (κ3) is 2.14. The topological polar surface area (TPSA) is 84.4 Å². The lowest BCUT2D eigenvalue weighted by Gasteiger charge is -2.24. The van der Waals surface area contributed by atoms with Gasteiger partial charge in [0.15, 0.2) is 5.58 Å². The summed E-state index contributed by atoms with van der Waals surface area (Å²) in [6.07, 6.45) is 0. The summed E-state index contributed by atoms with van der Waals surface area (Å²) in [4.78, 5) is 17.6. The van der Waals surface area contributed by atoms with Gasteiger partial charge in [0.2, 0.25) is 11.8 Å². The van der Waals surface area contributed by atoms with Gasteiger partial charge in [0, 0.05) is 24.8 Å². The Morgan fingerprint density at radius 2 is 2.39 bits per heavy atom. The van der Waals surface area contributed by atoms with Crippen LogP contribution < -0.4 is 11.1 Å². The Morgan fingerprint density at radius 3 is 3.22 bits per heavy atom. The van der Waals surface area contributed by atoms with Crippen LogP contribution in [0.4, 0.5) is 5.69 Å². The zero-order chi connectivity index (χ0) is 12.5. The van der Waals surface area contributed by atoms with E-state index in [9.17, 15) is 4.79 Å². The van der Waals surface area contributed by atoms with E-state index in [1.807, 2.05) is 11.0 Å². The largest absolute Gasteiger partial charge is 0.439 e. The normalized spacial score (nSPS) is 17.0. The number of aromatic nitrogens is 1. The molecule has 1 amide bonds. The quantitative estimate of drug-likeness (QED) is 0.746. The second-order valence-corrected chi connectivity index (χ2v) is 4.40. The van der Waals surface area contributed by atoms with Gasteiger partial charge >= 0.3 is 0 Å². The molecular weight excluding hydrogens is 232 g/mol. The van der Waals surface area contributed by atoms with Crippen molar-refractivity contribution in [2.75, 3.05) is 25.4 Å². The zero-order valence-electron chi connectivity index (χ0n) is 9.85. The molecule has 18 heavy (non-hydrogen) atoms. The molecule has 1 fully saturated rings. The van der Waals surface area contributed by atoms with Crippen molar-refractivity contribution in [1.29, 1.82) is 0 Å². The van der Waals surface area contributed by atoms with Crippen molar-refractivity contribution in [3.8, 4) is 0 Å². The van der Waals surface area contributed by atoms with Gasteiger partial charge in [-0.2, -0.15) is 0 Å². The van der Waals surface area contributed by atoms with Crippen molar-refractivity contribution in [3.63, 3.8) is 0 Å². The third-order valence-corrected chi connectivity index (χ3v) is 2.93. The lowest BCUT2D eigenvalue weighted by atomic mass is 10.3. The Hall–Kier alpha value is -2.08. The number of oxazole rings is 1. The molecular formula is C12H14N4O2. The van der Waals surface area contributed by atoms with Gasteiger partial charge in [0.1, 0.15) is 5.52 Å². The molecule has 6 nitrogen and oxygen atoms in total. The number of fused-ring (bicyclic) bond motifs is 1. The summed E-state index contributed by atoms with van der Waals surface area (Å²) < 4.78 is 5.62. The van der Waals surface area contributed by atoms with Crippen LogP contribution in [0.5, 0.6) is 0 Å². The van der Waals surface area contributed by atoms with Crippen LogP contribution in [-0.2, 0) is 11.3 Å². The van der Waals surface area contributed by atoms with E-state index in [-0.39, 0.29) is 5.91 Å². The van der Waals surface area contributed by atoms with Gasteiger partial charge in [-0.05, 0) is 12.1 Å². The van der Waals surface area contributed by atoms with E-state index in [1.54, 1.807) is 12.1 Å². The number of hydrogen-bond donors (Lipinski definition) is 2. The number of nitrogen functional groups attached to an aromatic ring is 1. The summed E-state index contributed by atoms with van der Waals surface area (Å²) in [5.74, 6) is 0.659. The lowest BCUT2D eigenvalue weighted by molar-refractivity contribution is -0.124. The van der Waals surface area contributed by atoms with Crippen LogP contribution in [0, 0.1) is 0 Å². The molecule has 3 N–H and O–H groups in total. The number of nitrogens with one attached hydrogen (secondary N) is 1. The van der Waals surface area contributed by atoms with Crippen LogP contribution in [0.25, 0.3) is 11.1 Å². The van der Waals surface area contributed by atoms with Crippen molar-refractivity contribution in [2.45, 2.75) is 6.54 Å². The molecule has 1 saturated heterocycles. The van der Waals surface area contributed by atoms with Crippen molar-refractivity contribution in [2.24, 2.45) is 0 Å². The van der Waals surface area contributed by atoms with Gasteiger partial charge in [0.25, 0.3) is 0 Å². The second kappa shape index (κ2) is 4.30. The number of carbonyl (C=O) groups is 1. The average Bonchev–Trinajstić information content (AvgIpc) is 2.70. The smallest absolute Gasteiger partial charge is 0.234 e. The molecule has 2 aromatic rings. The summed E-state index contributed by atoms with van der Waals surface area (Å²) in [5.41, 5.74) is 7.82. The summed E-state index contributed by atoms with van der Waals surface area (Å²) >= 11 is 0. The summed E-state index contributed by atoms with van der Waals surface area (Å²) in [6.45, 7) is 2.42. The Morgan fingerprint density at radius 1 is 1.50 bits per heavy atom. The Balaban J connectivity index is 1.80. The lowest BCUT2D eigenvalue weighted by Crippen LogP contribution is -2.47. The molecule has 0 unspecified atom stereocenters. The number of benzene rings is 1. The first-order valence-electron chi connectivity index (χ1n) is 5.85. The molecule has 94 valence electrons. The summed E-state index contributed by atoms with van der Waals surface area (Å²) in [5, 5.41) is 2.78. The number of nitrogens with zero attached hydrogens (tertiary/aromatic N) is 2. The Kier molecular flexibility index (Phi) is 2.64. The number of piperazine rings is 1. The van der Waals surface area contributed by atoms with Gasteiger partial charge in [-0.25, -0.2) is 4.98 Å². The molecule has 0 saturated carbocycles. The predicted octanol–water partition coefficient (Wildman–Crippen LogP) is 0.342. The fraction of sp³-hybridized carbons (Fsp3) is 0.333. The maximum absolute atomic E-state index is 11.3. The van der Waals surface area contributed by atoms with Gasteiger partial charge in [0.05, 0.1) is 13.1 Å². The molecule has 0 radical (unpaired) electrons. The first kappa shape index (κ1) is 11.0. The molecule has 3 rings (SSSR count). The van der Waals surface area contributed by atoms with Crippen LogP contribution in [0.2, 0.25) is 0 Å². The van der Waals surface area contributed by atoms with E-state index < -0.39 is 0 Å². The van der Waals surface area contributed by atoms with Crippen LogP contribution >= 0.6 is 0 Å². The fourth-order valence-corrected chi connectivity index (χ4v) is 2.07. The Labute approximate surface area is 104 Å². The van der Waals surface area contributed by atoms with Gasteiger partial charge in [-0.15, -0.1) is 0 Å². The highest BCUT2D eigenvalue weighted by molar-refractivity contribution is 5.78. The number of amides is 1. The maximum Gasteiger partial charge on any atom is 0.234 e. The van der Waals surface area contributed by atoms with Crippen LogP contribution in [0.1, 0.15) is 5.89 Å². The number of carbonyl (C=O) groups excluding carboxylic acids is 1. The Bertz CT molecular complexity index is 593. The molecule has 1 aromatic carbocycles. The first-order valence-corrected chi connectivity index (χ1v) is 5.85. The number of rotatable bonds is 2. The number of nitrogens with two attached hydrogens (primary N) is 1. The van der Waals surface area contributed by atoms with E-state index in [4.69, 9.17) is 10.2 Å². The molecule has 2 heterocycles. The van der Waals surface area contributed by atoms with E-state index in [0.29, 0.717) is 36.8 Å². The van der Waals surface area contributed by atoms with Crippen molar-refractivity contribution in [3.05, 3.63) is 24.1 Å². The van der Waals surface area contributed by atoms with Crippen LogP contribution in [0.3, 0.4) is 0 Å². The van der Waals surface area contributed by atoms with Crippen LogP contribution in [-0.4, -0.2) is 35.4 Å². The number of anilines is 1. The summed E-state index contributed by atoms with van der Waals surface area (Å²) in [7, 11) is 0. The summed E-state index contributed by atoms with van der Waals surface area (Å²) in [6, 6.07) is 5.39. The standard InChI is InChI=1S/C12H14N4O2/c13-8-1-2-9-10(5-8)18-12(15-9)7-16-4-3-14-11(17)6-16/h1-2,5H,3-4,6-7,13H2,(H,14,17). The van der Waals surface area contributed by atoms with Crippen molar-refractivity contribution < 1.29 is 9.21 Å². The minimum atomic E-state index is 0.0432. The minimum Gasteiger partial charge on any atom is -0.439 e. The highest BCUT2D eigenvalue weighted by atomic mass is 16.3. The minimum absolute atomic E-state index is 0.0432. The third-order valence-electron chi connectivity index (χ3n) is 2.93. The number of hydrogen-bond acceptors (Lipinski definition) is 5. The van der Waals surface area contributed by atoms with Gasteiger partial charge in [-0.1, -0.05) is 0 Å². The van der Waals surface area contributed by atoms with Crippen molar-refractivity contribution >= 4 is 22.7 Å². The SMILES string of the molecule is Nc1ccc2nc(CN3CCNC(=O)C3)oc2c1. The molecule has 0 aliphatic carbocycles. The van der Waals surface area contributed by atoms with Gasteiger partial charge < -0.3 is 15.5 Å². The first-order chi connectivity index (χ1) is 8.70. The van der Waals surface area contributed by atoms with E-state index >= 15 is 0 Å². The molecule has 0 spiro atoms. The highest BCUT2D eigenvalue weighted by Crippen LogP contribution is 2.19. The predicted molar refractivity (Wildman–Crippen MR) is 66.7 cm³/mol. The van der Waals surface area contributed by atoms with Gasteiger partial charge in [-0.3, -0.25) is 9.69 Å². The molecule has 1 aliphatic heterocycles. The molecule has 6 heteroatoms. The second-order valence-electron chi connectivity index (χ2n) is 4.40. The van der Waals surface area contributed by atoms with Crippen LogP contribution in [0.15, 0.2) is 22.6 Å². The van der Waals surface area contributed by atoms with E-state index in [1.165, 1.54) is 0 Å². The maximum atomic E-state index is 11.3. The van der Waals surface area contributed by atoms with E-state index in [2.05, 4.69) is 10.3 Å². The zero-order valence-corrected chi connectivity index (χ0v) is 9.85. The molecule has 0 atom stereocenters. The average molecular weight is 246 g/mol. The fourth-order valence-electron chi connectivity index (χ4n) is 2.07. The molecule has 1 aromatic heterocycles. The molecule has 0 bridgehead atoms. The molecule has 1 aliphatic rings.